The number of hydrogen-bond acceptors (Lipinski definition) is 7. The van der Waals surface area contributed by atoms with Crippen LogP contribution in [0.15, 0.2) is 41.4 Å². The fourth-order valence-corrected chi connectivity index (χ4v) is 6.00. The first kappa shape index (κ1) is 23.8. The molecule has 0 aliphatic carbocycles. The highest BCUT2D eigenvalue weighted by atomic mass is 32.2. The van der Waals surface area contributed by atoms with Gasteiger partial charge >= 0.3 is 11.9 Å². The molecule has 1 aromatic carbocycles. The summed E-state index contributed by atoms with van der Waals surface area (Å²) in [4.78, 5) is 32.5. The Hall–Kier alpha value is -2.38. The lowest BCUT2D eigenvalue weighted by atomic mass is 9.80. The van der Waals surface area contributed by atoms with E-state index in [0.717, 1.165) is 48.5 Å². The maximum atomic E-state index is 12.8. The highest BCUT2D eigenvalue weighted by Crippen LogP contribution is 2.47. The third-order valence-corrected chi connectivity index (χ3v) is 7.65. The van der Waals surface area contributed by atoms with Gasteiger partial charge in [0, 0.05) is 23.1 Å². The molecule has 1 unspecified atom stereocenters. The van der Waals surface area contributed by atoms with E-state index >= 15 is 0 Å². The van der Waals surface area contributed by atoms with E-state index in [0.29, 0.717) is 12.2 Å². The Bertz CT molecular complexity index is 1010. The van der Waals surface area contributed by atoms with Crippen LogP contribution in [0.1, 0.15) is 56.0 Å². The van der Waals surface area contributed by atoms with Gasteiger partial charge in [0.1, 0.15) is 0 Å². The average Bonchev–Trinajstić information content (AvgIpc) is 2.79. The van der Waals surface area contributed by atoms with Gasteiger partial charge in [0.2, 0.25) is 0 Å². The molecule has 2 aliphatic heterocycles. The Balaban J connectivity index is 1.48. The van der Waals surface area contributed by atoms with E-state index in [1.807, 2.05) is 12.1 Å². The molecule has 0 spiro atoms. The summed E-state index contributed by atoms with van der Waals surface area (Å²) in [5.41, 5.74) is 3.17. The molecule has 3 heterocycles. The topological polar surface area (TPSA) is 68.7 Å². The van der Waals surface area contributed by atoms with E-state index < -0.39 is 0 Å². The van der Waals surface area contributed by atoms with Crippen molar-refractivity contribution in [1.82, 2.24) is 9.88 Å². The second kappa shape index (κ2) is 9.85. The van der Waals surface area contributed by atoms with Gasteiger partial charge in [0.15, 0.2) is 5.44 Å². The lowest BCUT2D eigenvalue weighted by molar-refractivity contribution is -0.152. The van der Waals surface area contributed by atoms with Crippen LogP contribution in [-0.2, 0) is 19.7 Å². The summed E-state index contributed by atoms with van der Waals surface area (Å²) >= 11 is 1.63. The molecule has 1 saturated heterocycles. The molecule has 0 radical (unpaired) electrons. The predicted octanol–water partition coefficient (Wildman–Crippen LogP) is 4.91. The smallest absolute Gasteiger partial charge is 0.339 e. The first-order valence-electron chi connectivity index (χ1n) is 11.6. The molecule has 1 fully saturated rings. The number of hydrogen-bond donors (Lipinski definition) is 0. The molecule has 176 valence electrons. The number of likely N-dealkylation sites (tertiary alicyclic amines) is 1. The molecule has 0 saturated carbocycles. The van der Waals surface area contributed by atoms with Crippen LogP contribution in [0.4, 0.5) is 0 Å². The van der Waals surface area contributed by atoms with Gasteiger partial charge in [-0.25, -0.2) is 4.79 Å². The van der Waals surface area contributed by atoms with Crippen molar-refractivity contribution in [1.29, 1.82) is 0 Å². The fraction of sp³-hybridized carbons (Fsp3) is 0.500. The summed E-state index contributed by atoms with van der Waals surface area (Å²) in [6, 6.07) is 9.90. The Morgan fingerprint density at radius 1 is 1.18 bits per heavy atom. The van der Waals surface area contributed by atoms with Crippen molar-refractivity contribution in [2.75, 3.05) is 26.7 Å². The van der Waals surface area contributed by atoms with Gasteiger partial charge in [-0.15, -0.1) is 0 Å². The zero-order valence-electron chi connectivity index (χ0n) is 19.8. The summed E-state index contributed by atoms with van der Waals surface area (Å²) in [6.45, 7) is 8.41. The van der Waals surface area contributed by atoms with Gasteiger partial charge < -0.3 is 14.4 Å². The van der Waals surface area contributed by atoms with Crippen molar-refractivity contribution in [3.63, 3.8) is 0 Å². The number of ether oxygens (including phenoxy) is 2. The van der Waals surface area contributed by atoms with Crippen LogP contribution in [-0.4, -0.2) is 54.0 Å². The number of carbonyl (C=O) groups is 2. The van der Waals surface area contributed by atoms with Crippen LogP contribution in [0.2, 0.25) is 0 Å². The van der Waals surface area contributed by atoms with E-state index in [4.69, 9.17) is 9.47 Å². The van der Waals surface area contributed by atoms with Crippen molar-refractivity contribution in [3.05, 3.63) is 47.7 Å². The average molecular weight is 469 g/mol. The second-order valence-electron chi connectivity index (χ2n) is 9.51. The minimum Gasteiger partial charge on any atom is -0.462 e. The number of pyridine rings is 1. The summed E-state index contributed by atoms with van der Waals surface area (Å²) in [5, 5.41) is 0. The van der Waals surface area contributed by atoms with Crippen LogP contribution >= 0.6 is 11.8 Å². The van der Waals surface area contributed by atoms with Crippen LogP contribution in [0, 0.1) is 5.92 Å². The van der Waals surface area contributed by atoms with Crippen LogP contribution < -0.4 is 0 Å². The van der Waals surface area contributed by atoms with E-state index in [1.54, 1.807) is 30.9 Å². The number of aromatic nitrogens is 1. The van der Waals surface area contributed by atoms with E-state index in [2.05, 4.69) is 42.9 Å². The lowest BCUT2D eigenvalue weighted by Gasteiger charge is -2.37. The zero-order chi connectivity index (χ0) is 23.6. The first-order valence-corrected chi connectivity index (χ1v) is 12.5. The van der Waals surface area contributed by atoms with Gasteiger partial charge in [-0.1, -0.05) is 31.7 Å². The van der Waals surface area contributed by atoms with Gasteiger partial charge in [-0.2, -0.15) is 0 Å². The third-order valence-electron chi connectivity index (χ3n) is 6.51. The highest BCUT2D eigenvalue weighted by molar-refractivity contribution is 7.99. The molecule has 33 heavy (non-hydrogen) atoms. The molecule has 0 amide bonds. The Morgan fingerprint density at radius 2 is 1.94 bits per heavy atom. The molecule has 1 atom stereocenters. The number of esters is 2. The molecule has 4 rings (SSSR count). The molecule has 0 bridgehead atoms. The zero-order valence-corrected chi connectivity index (χ0v) is 20.6. The second-order valence-corrected chi connectivity index (χ2v) is 10.7. The minimum atomic E-state index is -0.361. The normalized spacial score (nSPS) is 20.7. The Kier molecular flexibility index (Phi) is 7.10. The van der Waals surface area contributed by atoms with Crippen LogP contribution in [0.5, 0.6) is 0 Å². The monoisotopic (exact) mass is 468 g/mol. The first-order chi connectivity index (χ1) is 15.8. The lowest BCUT2D eigenvalue weighted by Crippen LogP contribution is -2.37. The van der Waals surface area contributed by atoms with E-state index in [1.165, 1.54) is 5.56 Å². The Labute approximate surface area is 200 Å². The molecule has 1 aromatic heterocycles. The summed E-state index contributed by atoms with van der Waals surface area (Å²) in [5.74, 6) is -0.403. The number of rotatable bonds is 5. The predicted molar refractivity (Wildman–Crippen MR) is 129 cm³/mol. The van der Waals surface area contributed by atoms with Gasteiger partial charge in [-0.05, 0) is 75.1 Å². The maximum absolute atomic E-state index is 12.8. The van der Waals surface area contributed by atoms with Crippen molar-refractivity contribution in [3.8, 4) is 11.3 Å². The molecule has 0 N–H and O–H groups in total. The molecule has 2 aliphatic rings. The van der Waals surface area contributed by atoms with Crippen molar-refractivity contribution >= 4 is 23.7 Å². The van der Waals surface area contributed by atoms with Crippen LogP contribution in [0.3, 0.4) is 0 Å². The maximum Gasteiger partial charge on any atom is 0.339 e. The number of benzene rings is 1. The van der Waals surface area contributed by atoms with Gasteiger partial charge in [-0.3, -0.25) is 9.78 Å². The number of piperidine rings is 1. The van der Waals surface area contributed by atoms with Crippen molar-refractivity contribution < 1.29 is 19.1 Å². The SMILES string of the molecule is CCOC(=O)c1ccc(-c2ccc3c(c2)C(C)(C)CC(OC(=O)C2CCN(C)CC2)S3)nc1. The quantitative estimate of drug-likeness (QED) is 0.578. The number of nitrogens with zero attached hydrogens (tertiary/aromatic N) is 2. The number of thioether (sulfide) groups is 1. The van der Waals surface area contributed by atoms with E-state index in [9.17, 15) is 9.59 Å². The summed E-state index contributed by atoms with van der Waals surface area (Å²) < 4.78 is 11.0. The molecular weight excluding hydrogens is 436 g/mol. The van der Waals surface area contributed by atoms with E-state index in [-0.39, 0.29) is 28.7 Å². The number of fused-ring (bicyclic) bond motifs is 1. The van der Waals surface area contributed by atoms with Crippen molar-refractivity contribution in [2.45, 2.75) is 55.8 Å². The fourth-order valence-electron chi connectivity index (χ4n) is 4.47. The van der Waals surface area contributed by atoms with Gasteiger partial charge in [0.25, 0.3) is 0 Å². The molecule has 2 aromatic rings. The third kappa shape index (κ3) is 5.41. The molecule has 7 heteroatoms. The van der Waals surface area contributed by atoms with Gasteiger partial charge in [0.05, 0.1) is 23.8 Å². The van der Waals surface area contributed by atoms with Crippen molar-refractivity contribution in [2.24, 2.45) is 5.92 Å². The van der Waals surface area contributed by atoms with Crippen LogP contribution in [0.25, 0.3) is 11.3 Å². The minimum absolute atomic E-state index is 0.0114. The largest absolute Gasteiger partial charge is 0.462 e. The highest BCUT2D eigenvalue weighted by Gasteiger charge is 2.37. The Morgan fingerprint density at radius 3 is 2.61 bits per heavy atom. The molecule has 6 nitrogen and oxygen atoms in total. The number of carbonyl (C=O) groups excluding carboxylic acids is 2. The standard InChI is InChI=1S/C26H32N2O4S/c1-5-31-24(29)19-6-8-21(27-16-19)18-7-9-22-20(14-18)26(2,3)15-23(33-22)32-25(30)17-10-12-28(4)13-11-17/h6-9,14,16-17,23H,5,10-13,15H2,1-4H3. The molecular formula is C26H32N2O4S. The summed E-state index contributed by atoms with van der Waals surface area (Å²) in [7, 11) is 2.09. The summed E-state index contributed by atoms with van der Waals surface area (Å²) in [6.07, 6.45) is 4.07.